The standard InChI is InChI=1S/C11H13N5S/c1-4-9-10(6-16(3)14-9)13-11-8(5-12)7(2)15-17-11/h6,13H,4H2,1-3H3. The first-order chi connectivity index (χ1) is 8.15. The normalized spacial score (nSPS) is 10.2. The van der Waals surface area contributed by atoms with Gasteiger partial charge >= 0.3 is 0 Å². The van der Waals surface area contributed by atoms with E-state index in [0.29, 0.717) is 5.56 Å². The lowest BCUT2D eigenvalue weighted by molar-refractivity contribution is 0.746. The topological polar surface area (TPSA) is 66.5 Å². The molecule has 0 unspecified atom stereocenters. The van der Waals surface area contributed by atoms with Crippen molar-refractivity contribution in [1.82, 2.24) is 14.2 Å². The summed E-state index contributed by atoms with van der Waals surface area (Å²) in [4.78, 5) is 0. The van der Waals surface area contributed by atoms with Crippen molar-refractivity contribution in [3.05, 3.63) is 23.1 Å². The van der Waals surface area contributed by atoms with E-state index in [1.807, 2.05) is 20.2 Å². The fourth-order valence-electron chi connectivity index (χ4n) is 1.61. The van der Waals surface area contributed by atoms with E-state index < -0.39 is 0 Å². The second-order valence-electron chi connectivity index (χ2n) is 3.73. The maximum absolute atomic E-state index is 9.05. The number of aromatic nitrogens is 3. The van der Waals surface area contributed by atoms with Crippen LogP contribution in [-0.2, 0) is 13.5 Å². The number of aryl methyl sites for hydroxylation is 3. The lowest BCUT2D eigenvalue weighted by Crippen LogP contribution is -1.93. The molecule has 88 valence electrons. The Kier molecular flexibility index (Phi) is 3.11. The lowest BCUT2D eigenvalue weighted by Gasteiger charge is -2.01. The number of rotatable bonds is 3. The molecular formula is C11H13N5S. The predicted molar refractivity (Wildman–Crippen MR) is 67.4 cm³/mol. The fourth-order valence-corrected chi connectivity index (χ4v) is 2.37. The number of hydrogen-bond donors (Lipinski definition) is 1. The minimum absolute atomic E-state index is 0.612. The molecule has 0 fully saturated rings. The van der Waals surface area contributed by atoms with E-state index in [9.17, 15) is 0 Å². The molecule has 0 saturated carbocycles. The first kappa shape index (κ1) is 11.6. The van der Waals surface area contributed by atoms with E-state index in [1.54, 1.807) is 4.68 Å². The van der Waals surface area contributed by atoms with Crippen molar-refractivity contribution in [3.63, 3.8) is 0 Å². The summed E-state index contributed by atoms with van der Waals surface area (Å²) in [6.45, 7) is 3.89. The summed E-state index contributed by atoms with van der Waals surface area (Å²) in [7, 11) is 1.88. The third-order valence-corrected chi connectivity index (χ3v) is 3.32. The number of hydrogen-bond acceptors (Lipinski definition) is 5. The maximum atomic E-state index is 9.05. The van der Waals surface area contributed by atoms with Gasteiger partial charge in [-0.2, -0.15) is 14.7 Å². The Labute approximate surface area is 104 Å². The Balaban J connectivity index is 2.35. The summed E-state index contributed by atoms with van der Waals surface area (Å²) in [5.74, 6) is 0. The van der Waals surface area contributed by atoms with Crippen LogP contribution in [0.2, 0.25) is 0 Å². The van der Waals surface area contributed by atoms with Gasteiger partial charge in [0.15, 0.2) is 0 Å². The number of nitriles is 1. The van der Waals surface area contributed by atoms with Crippen LogP contribution < -0.4 is 5.32 Å². The molecule has 0 aromatic carbocycles. The van der Waals surface area contributed by atoms with Crippen LogP contribution >= 0.6 is 11.5 Å². The molecule has 0 aliphatic rings. The predicted octanol–water partition coefficient (Wildman–Crippen LogP) is 2.36. The highest BCUT2D eigenvalue weighted by molar-refractivity contribution is 7.10. The molecule has 2 rings (SSSR count). The van der Waals surface area contributed by atoms with Gasteiger partial charge in [-0.05, 0) is 24.9 Å². The van der Waals surface area contributed by atoms with Gasteiger partial charge in [-0.25, -0.2) is 0 Å². The van der Waals surface area contributed by atoms with Crippen LogP contribution in [0.5, 0.6) is 0 Å². The van der Waals surface area contributed by atoms with Crippen molar-refractivity contribution in [2.45, 2.75) is 20.3 Å². The second kappa shape index (κ2) is 4.55. The third-order valence-electron chi connectivity index (χ3n) is 2.46. The van der Waals surface area contributed by atoms with E-state index in [-0.39, 0.29) is 0 Å². The van der Waals surface area contributed by atoms with Gasteiger partial charge in [-0.15, -0.1) is 0 Å². The minimum atomic E-state index is 0.612. The SMILES string of the molecule is CCc1nn(C)cc1Nc1snc(C)c1C#N. The van der Waals surface area contributed by atoms with Crippen LogP contribution in [0.25, 0.3) is 0 Å². The van der Waals surface area contributed by atoms with Crippen molar-refractivity contribution in [3.8, 4) is 6.07 Å². The second-order valence-corrected chi connectivity index (χ2v) is 4.50. The molecule has 0 bridgehead atoms. The molecule has 17 heavy (non-hydrogen) atoms. The average Bonchev–Trinajstić information content (AvgIpc) is 2.83. The van der Waals surface area contributed by atoms with Gasteiger partial charge < -0.3 is 5.32 Å². The van der Waals surface area contributed by atoms with Gasteiger partial charge in [0.05, 0.1) is 17.1 Å². The molecule has 2 aromatic rings. The van der Waals surface area contributed by atoms with Crippen molar-refractivity contribution in [2.24, 2.45) is 7.05 Å². The van der Waals surface area contributed by atoms with Gasteiger partial charge in [-0.1, -0.05) is 6.92 Å². The molecule has 0 saturated heterocycles. The Morgan fingerprint density at radius 2 is 2.35 bits per heavy atom. The monoisotopic (exact) mass is 247 g/mol. The molecule has 0 spiro atoms. The highest BCUT2D eigenvalue weighted by Gasteiger charge is 2.13. The van der Waals surface area contributed by atoms with Crippen molar-refractivity contribution in [2.75, 3.05) is 5.32 Å². The molecule has 6 heteroatoms. The van der Waals surface area contributed by atoms with E-state index in [1.165, 1.54) is 11.5 Å². The molecule has 0 aliphatic carbocycles. The third kappa shape index (κ3) is 2.15. The zero-order valence-electron chi connectivity index (χ0n) is 9.98. The molecular weight excluding hydrogens is 234 g/mol. The average molecular weight is 247 g/mol. The summed E-state index contributed by atoms with van der Waals surface area (Å²) in [6.07, 6.45) is 2.76. The summed E-state index contributed by atoms with van der Waals surface area (Å²) in [5.41, 5.74) is 3.31. The van der Waals surface area contributed by atoms with Gasteiger partial charge in [0.2, 0.25) is 0 Å². The zero-order valence-corrected chi connectivity index (χ0v) is 10.8. The van der Waals surface area contributed by atoms with Crippen LogP contribution in [0.1, 0.15) is 23.9 Å². The first-order valence-corrected chi connectivity index (χ1v) is 6.09. The summed E-state index contributed by atoms with van der Waals surface area (Å²) in [6, 6.07) is 2.17. The van der Waals surface area contributed by atoms with E-state index in [4.69, 9.17) is 5.26 Å². The van der Waals surface area contributed by atoms with E-state index in [0.717, 1.165) is 28.5 Å². The summed E-state index contributed by atoms with van der Waals surface area (Å²) >= 11 is 1.30. The van der Waals surface area contributed by atoms with Gasteiger partial charge in [0, 0.05) is 13.2 Å². The maximum Gasteiger partial charge on any atom is 0.132 e. The Morgan fingerprint density at radius 3 is 3.00 bits per heavy atom. The number of anilines is 2. The Bertz CT molecular complexity index is 575. The van der Waals surface area contributed by atoms with Crippen LogP contribution in [0.15, 0.2) is 6.20 Å². The smallest absolute Gasteiger partial charge is 0.132 e. The Hall–Kier alpha value is -1.87. The van der Waals surface area contributed by atoms with Crippen LogP contribution in [0.4, 0.5) is 10.7 Å². The molecule has 0 radical (unpaired) electrons. The molecule has 2 aromatic heterocycles. The molecule has 0 aliphatic heterocycles. The molecule has 5 nitrogen and oxygen atoms in total. The number of nitrogens with zero attached hydrogens (tertiary/aromatic N) is 4. The lowest BCUT2D eigenvalue weighted by atomic mass is 10.2. The van der Waals surface area contributed by atoms with Crippen LogP contribution in [0.3, 0.4) is 0 Å². The zero-order chi connectivity index (χ0) is 12.4. The van der Waals surface area contributed by atoms with Crippen molar-refractivity contribution in [1.29, 1.82) is 5.26 Å². The van der Waals surface area contributed by atoms with Gasteiger partial charge in [-0.3, -0.25) is 4.68 Å². The van der Waals surface area contributed by atoms with Crippen LogP contribution in [0, 0.1) is 18.3 Å². The first-order valence-electron chi connectivity index (χ1n) is 5.31. The largest absolute Gasteiger partial charge is 0.342 e. The minimum Gasteiger partial charge on any atom is -0.342 e. The quantitative estimate of drug-likeness (QED) is 0.904. The van der Waals surface area contributed by atoms with Crippen LogP contribution in [-0.4, -0.2) is 14.2 Å². The number of nitrogens with one attached hydrogen (secondary N) is 1. The van der Waals surface area contributed by atoms with Crippen molar-refractivity contribution >= 4 is 22.2 Å². The van der Waals surface area contributed by atoms with Gasteiger partial charge in [0.25, 0.3) is 0 Å². The highest BCUT2D eigenvalue weighted by atomic mass is 32.1. The molecule has 1 N–H and O–H groups in total. The summed E-state index contributed by atoms with van der Waals surface area (Å²) < 4.78 is 5.94. The van der Waals surface area contributed by atoms with Crippen molar-refractivity contribution < 1.29 is 0 Å². The summed E-state index contributed by atoms with van der Waals surface area (Å²) in [5, 5.41) is 17.4. The van der Waals surface area contributed by atoms with E-state index >= 15 is 0 Å². The molecule has 0 atom stereocenters. The van der Waals surface area contributed by atoms with E-state index in [2.05, 4.69) is 27.8 Å². The highest BCUT2D eigenvalue weighted by Crippen LogP contribution is 2.28. The van der Waals surface area contributed by atoms with Gasteiger partial charge in [0.1, 0.15) is 16.6 Å². The fraction of sp³-hybridized carbons (Fsp3) is 0.364. The molecule has 2 heterocycles. The Morgan fingerprint density at radius 1 is 1.59 bits per heavy atom. The molecule has 0 amide bonds.